The standard InChI is InChI=1S/C23H26N2O5/c1-15(2)22(25-20(27)13-17-9-5-4-6-10-17)23(29)30-14-21(28)24-19-12-8-7-11-18(19)16(3)26/h4-12,15,22H,13-14H2,1-3H3,(H,24,28)(H,25,27)/t22-/m0/s1. The highest BCUT2D eigenvalue weighted by atomic mass is 16.5. The van der Waals surface area contributed by atoms with Crippen LogP contribution in [0.5, 0.6) is 0 Å². The molecule has 30 heavy (non-hydrogen) atoms. The first kappa shape index (κ1) is 22.8. The summed E-state index contributed by atoms with van der Waals surface area (Å²) in [6.45, 7) is 4.43. The number of carbonyl (C=O) groups excluding carboxylic acids is 4. The Hall–Kier alpha value is -3.48. The van der Waals surface area contributed by atoms with E-state index >= 15 is 0 Å². The summed E-state index contributed by atoms with van der Waals surface area (Å²) in [7, 11) is 0. The van der Waals surface area contributed by atoms with Gasteiger partial charge < -0.3 is 15.4 Å². The van der Waals surface area contributed by atoms with Crippen molar-refractivity contribution in [3.63, 3.8) is 0 Å². The molecule has 1 atom stereocenters. The molecule has 0 saturated heterocycles. The Morgan fingerprint density at radius 2 is 1.53 bits per heavy atom. The molecule has 0 aliphatic heterocycles. The number of para-hydroxylation sites is 1. The van der Waals surface area contributed by atoms with Gasteiger partial charge in [0.1, 0.15) is 6.04 Å². The Labute approximate surface area is 175 Å². The van der Waals surface area contributed by atoms with E-state index in [-0.39, 0.29) is 24.0 Å². The maximum atomic E-state index is 12.4. The largest absolute Gasteiger partial charge is 0.454 e. The fraction of sp³-hybridized carbons (Fsp3) is 0.304. The number of amides is 2. The summed E-state index contributed by atoms with van der Waals surface area (Å²) >= 11 is 0. The fourth-order valence-electron chi connectivity index (χ4n) is 2.82. The second kappa shape index (κ2) is 10.9. The van der Waals surface area contributed by atoms with Gasteiger partial charge in [-0.1, -0.05) is 56.3 Å². The molecule has 0 bridgehead atoms. The first-order valence-electron chi connectivity index (χ1n) is 9.67. The number of nitrogens with one attached hydrogen (secondary N) is 2. The highest BCUT2D eigenvalue weighted by Crippen LogP contribution is 2.15. The number of benzene rings is 2. The molecule has 0 radical (unpaired) electrons. The van der Waals surface area contributed by atoms with E-state index < -0.39 is 24.5 Å². The summed E-state index contributed by atoms with van der Waals surface area (Å²) < 4.78 is 5.10. The molecular weight excluding hydrogens is 384 g/mol. The molecular formula is C23H26N2O5. The van der Waals surface area contributed by atoms with E-state index in [2.05, 4.69) is 10.6 Å². The van der Waals surface area contributed by atoms with E-state index in [4.69, 9.17) is 4.74 Å². The van der Waals surface area contributed by atoms with E-state index in [1.54, 1.807) is 38.1 Å². The van der Waals surface area contributed by atoms with Crippen LogP contribution in [0.3, 0.4) is 0 Å². The smallest absolute Gasteiger partial charge is 0.329 e. The molecule has 7 nitrogen and oxygen atoms in total. The summed E-state index contributed by atoms with van der Waals surface area (Å²) in [5, 5.41) is 5.24. The minimum Gasteiger partial charge on any atom is -0.454 e. The maximum Gasteiger partial charge on any atom is 0.329 e. The second-order valence-electron chi connectivity index (χ2n) is 7.21. The van der Waals surface area contributed by atoms with Crippen molar-refractivity contribution in [2.24, 2.45) is 5.92 Å². The number of hydrogen-bond donors (Lipinski definition) is 2. The van der Waals surface area contributed by atoms with E-state index in [9.17, 15) is 19.2 Å². The van der Waals surface area contributed by atoms with Crippen LogP contribution in [0, 0.1) is 5.92 Å². The summed E-state index contributed by atoms with van der Waals surface area (Å²) in [4.78, 5) is 48.5. The molecule has 2 amide bonds. The summed E-state index contributed by atoms with van der Waals surface area (Å²) in [5.74, 6) is -1.99. The van der Waals surface area contributed by atoms with Gasteiger partial charge in [0.2, 0.25) is 5.91 Å². The molecule has 0 heterocycles. The van der Waals surface area contributed by atoms with Gasteiger partial charge in [-0.15, -0.1) is 0 Å². The van der Waals surface area contributed by atoms with Crippen LogP contribution >= 0.6 is 0 Å². The Morgan fingerprint density at radius 3 is 2.17 bits per heavy atom. The second-order valence-corrected chi connectivity index (χ2v) is 7.21. The molecule has 0 saturated carbocycles. The van der Waals surface area contributed by atoms with Gasteiger partial charge >= 0.3 is 5.97 Å². The number of carbonyl (C=O) groups is 4. The van der Waals surface area contributed by atoms with Gasteiger partial charge in [0.15, 0.2) is 12.4 Å². The van der Waals surface area contributed by atoms with E-state index in [0.717, 1.165) is 5.56 Å². The summed E-state index contributed by atoms with van der Waals surface area (Å²) in [5.41, 5.74) is 1.54. The topological polar surface area (TPSA) is 102 Å². The Balaban J connectivity index is 1.91. The first-order chi connectivity index (χ1) is 14.3. The SMILES string of the molecule is CC(=O)c1ccccc1NC(=O)COC(=O)[C@@H](NC(=O)Cc1ccccc1)C(C)C. The van der Waals surface area contributed by atoms with Gasteiger partial charge in [0, 0.05) is 5.56 Å². The molecule has 0 aromatic heterocycles. The van der Waals surface area contributed by atoms with Gasteiger partial charge in [0.05, 0.1) is 12.1 Å². The Bertz CT molecular complexity index is 909. The molecule has 0 spiro atoms. The van der Waals surface area contributed by atoms with Crippen LogP contribution in [0.15, 0.2) is 54.6 Å². The Morgan fingerprint density at radius 1 is 0.900 bits per heavy atom. The lowest BCUT2D eigenvalue weighted by Crippen LogP contribution is -2.46. The number of Topliss-reactive ketones (excluding diaryl/α,β-unsaturated/α-hetero) is 1. The van der Waals surface area contributed by atoms with Crippen molar-refractivity contribution in [2.45, 2.75) is 33.2 Å². The molecule has 0 aliphatic carbocycles. The van der Waals surface area contributed by atoms with Crippen LogP contribution in [0.1, 0.15) is 36.7 Å². The Kier molecular flexibility index (Phi) is 8.29. The van der Waals surface area contributed by atoms with E-state index in [0.29, 0.717) is 11.3 Å². The molecule has 158 valence electrons. The monoisotopic (exact) mass is 410 g/mol. The fourth-order valence-corrected chi connectivity index (χ4v) is 2.82. The van der Waals surface area contributed by atoms with Crippen molar-refractivity contribution in [3.8, 4) is 0 Å². The number of esters is 1. The molecule has 2 N–H and O–H groups in total. The van der Waals surface area contributed by atoms with Gasteiger partial charge in [-0.05, 0) is 30.5 Å². The van der Waals surface area contributed by atoms with Crippen molar-refractivity contribution >= 4 is 29.3 Å². The molecule has 2 aromatic rings. The zero-order valence-corrected chi connectivity index (χ0v) is 17.3. The molecule has 0 aliphatic rings. The zero-order valence-electron chi connectivity index (χ0n) is 17.3. The molecule has 0 unspecified atom stereocenters. The predicted molar refractivity (Wildman–Crippen MR) is 113 cm³/mol. The minimum atomic E-state index is -0.876. The number of ether oxygens (including phenoxy) is 1. The van der Waals surface area contributed by atoms with Crippen molar-refractivity contribution in [3.05, 3.63) is 65.7 Å². The third-order valence-electron chi connectivity index (χ3n) is 4.37. The average Bonchev–Trinajstić information content (AvgIpc) is 2.71. The first-order valence-corrected chi connectivity index (χ1v) is 9.67. The molecule has 2 aromatic carbocycles. The van der Waals surface area contributed by atoms with Crippen LogP contribution in [-0.2, 0) is 25.5 Å². The highest BCUT2D eigenvalue weighted by molar-refractivity contribution is 6.04. The lowest BCUT2D eigenvalue weighted by molar-refractivity contribution is -0.151. The van der Waals surface area contributed by atoms with Crippen LogP contribution in [-0.4, -0.2) is 36.2 Å². The van der Waals surface area contributed by atoms with E-state index in [1.165, 1.54) is 6.92 Å². The molecule has 0 fully saturated rings. The number of ketones is 1. The zero-order chi connectivity index (χ0) is 22.1. The predicted octanol–water partition coefficient (Wildman–Crippen LogP) is 2.75. The number of anilines is 1. The summed E-state index contributed by atoms with van der Waals surface area (Å²) in [6, 6.07) is 14.9. The van der Waals surface area contributed by atoms with Crippen molar-refractivity contribution in [1.82, 2.24) is 5.32 Å². The van der Waals surface area contributed by atoms with Gasteiger partial charge in [-0.25, -0.2) is 4.79 Å². The quantitative estimate of drug-likeness (QED) is 0.489. The number of hydrogen-bond acceptors (Lipinski definition) is 5. The number of rotatable bonds is 9. The van der Waals surface area contributed by atoms with E-state index in [1.807, 2.05) is 30.3 Å². The van der Waals surface area contributed by atoms with Gasteiger partial charge in [0.25, 0.3) is 5.91 Å². The molecule has 7 heteroatoms. The van der Waals surface area contributed by atoms with Crippen LogP contribution in [0.4, 0.5) is 5.69 Å². The average molecular weight is 410 g/mol. The summed E-state index contributed by atoms with van der Waals surface area (Å²) in [6.07, 6.45) is 0.139. The minimum absolute atomic E-state index is 0.139. The maximum absolute atomic E-state index is 12.4. The third-order valence-corrected chi connectivity index (χ3v) is 4.37. The van der Waals surface area contributed by atoms with Gasteiger partial charge in [-0.3, -0.25) is 14.4 Å². The van der Waals surface area contributed by atoms with Crippen LogP contribution in [0.25, 0.3) is 0 Å². The van der Waals surface area contributed by atoms with Crippen molar-refractivity contribution in [1.29, 1.82) is 0 Å². The van der Waals surface area contributed by atoms with Crippen LogP contribution < -0.4 is 10.6 Å². The van der Waals surface area contributed by atoms with Crippen LogP contribution in [0.2, 0.25) is 0 Å². The lowest BCUT2D eigenvalue weighted by Gasteiger charge is -2.21. The lowest BCUT2D eigenvalue weighted by atomic mass is 10.0. The normalized spacial score (nSPS) is 11.5. The van der Waals surface area contributed by atoms with Crippen molar-refractivity contribution < 1.29 is 23.9 Å². The highest BCUT2D eigenvalue weighted by Gasteiger charge is 2.26. The van der Waals surface area contributed by atoms with Gasteiger partial charge in [-0.2, -0.15) is 0 Å². The third kappa shape index (κ3) is 6.84. The van der Waals surface area contributed by atoms with Crippen molar-refractivity contribution in [2.75, 3.05) is 11.9 Å². The molecule has 2 rings (SSSR count).